The van der Waals surface area contributed by atoms with Gasteiger partial charge >= 0.3 is 0 Å². The van der Waals surface area contributed by atoms with Crippen LogP contribution in [0.4, 0.5) is 5.82 Å². The van der Waals surface area contributed by atoms with E-state index in [1.165, 1.54) is 6.20 Å². The maximum Gasteiger partial charge on any atom is 0.198 e. The number of carbonyl (C=O) groups is 1. The standard InChI is InChI=1S/C22H18N4O/c1-15-6-2-3-10-20(15)26-22(23)19(14-25-26)21(27)17-8-4-7-16(12-17)18-9-5-11-24-13-18/h2-14H,23H2,1H3. The van der Waals surface area contributed by atoms with Gasteiger partial charge in [-0.25, -0.2) is 4.68 Å². The molecule has 0 bridgehead atoms. The molecule has 4 rings (SSSR count). The predicted octanol–water partition coefficient (Wildman–Crippen LogP) is 4.06. The van der Waals surface area contributed by atoms with Gasteiger partial charge in [0.1, 0.15) is 5.82 Å². The van der Waals surface area contributed by atoms with E-state index in [1.807, 2.05) is 61.5 Å². The van der Waals surface area contributed by atoms with Crippen molar-refractivity contribution in [2.75, 3.05) is 5.73 Å². The van der Waals surface area contributed by atoms with Gasteiger partial charge in [-0.3, -0.25) is 9.78 Å². The molecule has 0 aliphatic rings. The molecule has 0 atom stereocenters. The Morgan fingerprint density at radius 3 is 2.56 bits per heavy atom. The lowest BCUT2D eigenvalue weighted by molar-refractivity contribution is 0.103. The van der Waals surface area contributed by atoms with Crippen LogP contribution in [0.25, 0.3) is 16.8 Å². The van der Waals surface area contributed by atoms with Crippen LogP contribution >= 0.6 is 0 Å². The first-order valence-corrected chi connectivity index (χ1v) is 8.60. The van der Waals surface area contributed by atoms with Gasteiger partial charge in [-0.2, -0.15) is 5.10 Å². The second-order valence-electron chi connectivity index (χ2n) is 6.29. The molecule has 2 aromatic carbocycles. The summed E-state index contributed by atoms with van der Waals surface area (Å²) >= 11 is 0. The van der Waals surface area contributed by atoms with Crippen molar-refractivity contribution in [3.05, 3.63) is 95.9 Å². The molecule has 27 heavy (non-hydrogen) atoms. The third-order valence-corrected chi connectivity index (χ3v) is 4.51. The number of benzene rings is 2. The summed E-state index contributed by atoms with van der Waals surface area (Å²) in [5, 5.41) is 4.33. The van der Waals surface area contributed by atoms with Gasteiger partial charge in [0.05, 0.1) is 17.4 Å². The van der Waals surface area contributed by atoms with Gasteiger partial charge in [-0.05, 0) is 36.2 Å². The van der Waals surface area contributed by atoms with Crippen molar-refractivity contribution in [2.24, 2.45) is 0 Å². The van der Waals surface area contributed by atoms with Gasteiger partial charge in [-0.15, -0.1) is 0 Å². The van der Waals surface area contributed by atoms with E-state index in [-0.39, 0.29) is 5.78 Å². The summed E-state index contributed by atoms with van der Waals surface area (Å²) < 4.78 is 1.60. The van der Waals surface area contributed by atoms with E-state index in [2.05, 4.69) is 10.1 Å². The van der Waals surface area contributed by atoms with E-state index >= 15 is 0 Å². The topological polar surface area (TPSA) is 73.8 Å². The number of pyridine rings is 1. The number of hydrogen-bond acceptors (Lipinski definition) is 4. The van der Waals surface area contributed by atoms with Crippen LogP contribution in [-0.2, 0) is 0 Å². The smallest absolute Gasteiger partial charge is 0.198 e. The van der Waals surface area contributed by atoms with Crippen molar-refractivity contribution in [3.63, 3.8) is 0 Å². The average Bonchev–Trinajstić information content (AvgIpc) is 3.10. The molecule has 4 aromatic rings. The summed E-state index contributed by atoms with van der Waals surface area (Å²) in [7, 11) is 0. The Bertz CT molecular complexity index is 1120. The molecule has 2 N–H and O–H groups in total. The van der Waals surface area contributed by atoms with Crippen LogP contribution in [0.2, 0.25) is 0 Å². The Hall–Kier alpha value is -3.73. The first-order valence-electron chi connectivity index (χ1n) is 8.60. The fourth-order valence-corrected chi connectivity index (χ4v) is 3.05. The zero-order valence-electron chi connectivity index (χ0n) is 14.8. The van der Waals surface area contributed by atoms with E-state index in [0.29, 0.717) is 16.9 Å². The Morgan fingerprint density at radius 1 is 0.963 bits per heavy atom. The van der Waals surface area contributed by atoms with Crippen LogP contribution in [0.5, 0.6) is 0 Å². The van der Waals surface area contributed by atoms with Gasteiger partial charge in [-0.1, -0.05) is 42.5 Å². The number of aromatic nitrogens is 3. The molecule has 2 heterocycles. The molecule has 0 saturated carbocycles. The van der Waals surface area contributed by atoms with Crippen LogP contribution < -0.4 is 5.73 Å². The monoisotopic (exact) mass is 354 g/mol. The van der Waals surface area contributed by atoms with E-state index < -0.39 is 0 Å². The summed E-state index contributed by atoms with van der Waals surface area (Å²) in [6, 6.07) is 19.1. The number of rotatable bonds is 4. The summed E-state index contributed by atoms with van der Waals surface area (Å²) in [6.45, 7) is 1.98. The van der Waals surface area contributed by atoms with Crippen molar-refractivity contribution in [1.29, 1.82) is 0 Å². The zero-order chi connectivity index (χ0) is 18.8. The number of aryl methyl sites for hydroxylation is 1. The molecule has 0 aliphatic carbocycles. The van der Waals surface area contributed by atoms with Gasteiger partial charge in [0.25, 0.3) is 0 Å². The van der Waals surface area contributed by atoms with Crippen molar-refractivity contribution in [3.8, 4) is 16.8 Å². The molecule has 0 spiro atoms. The van der Waals surface area contributed by atoms with E-state index in [4.69, 9.17) is 5.73 Å². The number of hydrogen-bond donors (Lipinski definition) is 1. The number of nitrogen functional groups attached to an aromatic ring is 1. The maximum atomic E-state index is 13.0. The molecule has 0 amide bonds. The predicted molar refractivity (Wildman–Crippen MR) is 106 cm³/mol. The van der Waals surface area contributed by atoms with E-state index in [1.54, 1.807) is 23.1 Å². The van der Waals surface area contributed by atoms with Gasteiger partial charge in [0.2, 0.25) is 0 Å². The highest BCUT2D eigenvalue weighted by molar-refractivity contribution is 6.12. The minimum Gasteiger partial charge on any atom is -0.383 e. The van der Waals surface area contributed by atoms with Crippen LogP contribution in [0, 0.1) is 6.92 Å². The van der Waals surface area contributed by atoms with Gasteiger partial charge in [0.15, 0.2) is 5.78 Å². The van der Waals surface area contributed by atoms with Crippen LogP contribution in [0.1, 0.15) is 21.5 Å². The van der Waals surface area contributed by atoms with Crippen molar-refractivity contribution in [2.45, 2.75) is 6.92 Å². The number of nitrogens with zero attached hydrogens (tertiary/aromatic N) is 3. The molecule has 5 heteroatoms. The molecule has 0 saturated heterocycles. The fraction of sp³-hybridized carbons (Fsp3) is 0.0455. The fourth-order valence-electron chi connectivity index (χ4n) is 3.05. The van der Waals surface area contributed by atoms with Crippen molar-refractivity contribution < 1.29 is 4.79 Å². The highest BCUT2D eigenvalue weighted by atomic mass is 16.1. The summed E-state index contributed by atoms with van der Waals surface area (Å²) in [5.41, 5.74) is 11.0. The number of anilines is 1. The molecule has 0 aliphatic heterocycles. The van der Waals surface area contributed by atoms with Crippen molar-refractivity contribution >= 4 is 11.6 Å². The maximum absolute atomic E-state index is 13.0. The summed E-state index contributed by atoms with van der Waals surface area (Å²) in [5.74, 6) is 0.180. The first kappa shape index (κ1) is 16.7. The lowest BCUT2D eigenvalue weighted by atomic mass is 10.00. The average molecular weight is 354 g/mol. The molecular formula is C22H18N4O. The molecular weight excluding hydrogens is 336 g/mol. The summed E-state index contributed by atoms with van der Waals surface area (Å²) in [6.07, 6.45) is 5.02. The Labute approximate surface area is 157 Å². The molecule has 0 fully saturated rings. The summed E-state index contributed by atoms with van der Waals surface area (Å²) in [4.78, 5) is 17.2. The van der Waals surface area contributed by atoms with Crippen LogP contribution in [-0.4, -0.2) is 20.5 Å². The SMILES string of the molecule is Cc1ccccc1-n1ncc(C(=O)c2cccc(-c3cccnc3)c2)c1N. The van der Waals surface area contributed by atoms with Crippen LogP contribution in [0.3, 0.4) is 0 Å². The lowest BCUT2D eigenvalue weighted by Crippen LogP contribution is -2.08. The Morgan fingerprint density at radius 2 is 1.78 bits per heavy atom. The van der Waals surface area contributed by atoms with Gasteiger partial charge < -0.3 is 5.73 Å². The van der Waals surface area contributed by atoms with Crippen LogP contribution in [0.15, 0.2) is 79.3 Å². The van der Waals surface area contributed by atoms with Gasteiger partial charge in [0, 0.05) is 23.5 Å². The lowest BCUT2D eigenvalue weighted by Gasteiger charge is -2.08. The zero-order valence-corrected chi connectivity index (χ0v) is 14.8. The second kappa shape index (κ2) is 6.88. The minimum atomic E-state index is -0.155. The molecule has 132 valence electrons. The molecule has 0 unspecified atom stereocenters. The number of para-hydroxylation sites is 1. The molecule has 2 aromatic heterocycles. The minimum absolute atomic E-state index is 0.155. The van der Waals surface area contributed by atoms with Crippen molar-refractivity contribution in [1.82, 2.24) is 14.8 Å². The normalized spacial score (nSPS) is 10.7. The number of ketones is 1. The third-order valence-electron chi connectivity index (χ3n) is 4.51. The quantitative estimate of drug-likeness (QED) is 0.561. The first-order chi connectivity index (χ1) is 13.1. The Kier molecular flexibility index (Phi) is 4.26. The number of carbonyl (C=O) groups excluding carboxylic acids is 1. The Balaban J connectivity index is 1.72. The number of nitrogens with two attached hydrogens (primary N) is 1. The highest BCUT2D eigenvalue weighted by Gasteiger charge is 2.18. The molecule has 5 nitrogen and oxygen atoms in total. The third kappa shape index (κ3) is 3.11. The van der Waals surface area contributed by atoms with E-state index in [0.717, 1.165) is 22.4 Å². The highest BCUT2D eigenvalue weighted by Crippen LogP contribution is 2.24. The molecule has 0 radical (unpaired) electrons. The second-order valence-corrected chi connectivity index (χ2v) is 6.29. The largest absolute Gasteiger partial charge is 0.383 e. The van der Waals surface area contributed by atoms with E-state index in [9.17, 15) is 4.79 Å².